The van der Waals surface area contributed by atoms with E-state index in [0.717, 1.165) is 25.7 Å². The molecule has 72 valence electrons. The van der Waals surface area contributed by atoms with E-state index in [-0.39, 0.29) is 0 Å². The van der Waals surface area contributed by atoms with Crippen molar-refractivity contribution in [3.8, 4) is 0 Å². The van der Waals surface area contributed by atoms with Crippen molar-refractivity contribution in [2.24, 2.45) is 5.41 Å². The molecule has 1 heteroatoms. The highest BCUT2D eigenvalue weighted by molar-refractivity contribution is 5.78. The Morgan fingerprint density at radius 1 is 1.08 bits per heavy atom. The summed E-state index contributed by atoms with van der Waals surface area (Å²) in [5.41, 5.74) is 0.423. The van der Waals surface area contributed by atoms with Gasteiger partial charge in [0.15, 0.2) is 0 Å². The standard InChI is InChI=1S/C9H16O.C2H6/c1-9(2)6-3-4-8(10)5-7-9;1-2/h3-7H2,1-2H3;1-2H3. The molecule has 0 heterocycles. The first-order valence-electron chi connectivity index (χ1n) is 5.12. The Bertz CT molecular complexity index is 136. The Kier molecular flexibility index (Phi) is 5.19. The van der Waals surface area contributed by atoms with Crippen LogP contribution in [0.15, 0.2) is 0 Å². The summed E-state index contributed by atoms with van der Waals surface area (Å²) >= 11 is 0. The number of hydrogen-bond acceptors (Lipinski definition) is 1. The van der Waals surface area contributed by atoms with Gasteiger partial charge in [-0.25, -0.2) is 0 Å². The number of carbonyl (C=O) groups is 1. The van der Waals surface area contributed by atoms with Crippen molar-refractivity contribution in [1.29, 1.82) is 0 Å². The van der Waals surface area contributed by atoms with E-state index in [2.05, 4.69) is 13.8 Å². The van der Waals surface area contributed by atoms with Crippen molar-refractivity contribution in [1.82, 2.24) is 0 Å². The van der Waals surface area contributed by atoms with Gasteiger partial charge in [0.05, 0.1) is 0 Å². The molecule has 0 atom stereocenters. The van der Waals surface area contributed by atoms with E-state index in [0.29, 0.717) is 11.2 Å². The second-order valence-corrected chi connectivity index (χ2v) is 4.06. The normalized spacial score (nSPS) is 22.2. The highest BCUT2D eigenvalue weighted by Crippen LogP contribution is 2.32. The molecule has 0 spiro atoms. The molecular weight excluding hydrogens is 148 g/mol. The van der Waals surface area contributed by atoms with Crippen LogP contribution in [0.4, 0.5) is 0 Å². The van der Waals surface area contributed by atoms with Crippen molar-refractivity contribution in [2.75, 3.05) is 0 Å². The zero-order chi connectivity index (χ0) is 9.61. The molecule has 0 aromatic carbocycles. The van der Waals surface area contributed by atoms with Gasteiger partial charge in [-0.1, -0.05) is 27.7 Å². The van der Waals surface area contributed by atoms with Crippen LogP contribution in [0.1, 0.15) is 59.8 Å². The molecule has 0 radical (unpaired) electrons. The number of Topliss-reactive ketones (excluding diaryl/α,β-unsaturated/α-hetero) is 1. The van der Waals surface area contributed by atoms with Crippen molar-refractivity contribution >= 4 is 5.78 Å². The Balaban J connectivity index is 0.000000561. The SMILES string of the molecule is CC.CC1(C)CCCC(=O)CC1. The van der Waals surface area contributed by atoms with Crippen LogP contribution in [0.5, 0.6) is 0 Å². The second-order valence-electron chi connectivity index (χ2n) is 4.06. The fourth-order valence-electron chi connectivity index (χ4n) is 1.49. The molecule has 1 aliphatic carbocycles. The molecule has 0 saturated heterocycles. The van der Waals surface area contributed by atoms with Crippen LogP contribution in [0.2, 0.25) is 0 Å². The highest BCUT2D eigenvalue weighted by Gasteiger charge is 2.22. The molecular formula is C11H22O. The van der Waals surface area contributed by atoms with E-state index in [1.165, 1.54) is 6.42 Å². The summed E-state index contributed by atoms with van der Waals surface area (Å²) in [6.07, 6.45) is 5.05. The first kappa shape index (κ1) is 11.7. The van der Waals surface area contributed by atoms with Gasteiger partial charge in [0.1, 0.15) is 5.78 Å². The van der Waals surface area contributed by atoms with E-state index in [9.17, 15) is 4.79 Å². The molecule has 0 unspecified atom stereocenters. The van der Waals surface area contributed by atoms with Crippen molar-refractivity contribution < 1.29 is 4.79 Å². The van der Waals surface area contributed by atoms with Gasteiger partial charge in [0.25, 0.3) is 0 Å². The zero-order valence-electron chi connectivity index (χ0n) is 8.94. The molecule has 1 aliphatic rings. The minimum absolute atomic E-state index is 0.423. The third kappa shape index (κ3) is 4.53. The van der Waals surface area contributed by atoms with Gasteiger partial charge in [-0.15, -0.1) is 0 Å². The van der Waals surface area contributed by atoms with Gasteiger partial charge in [0, 0.05) is 12.8 Å². The highest BCUT2D eigenvalue weighted by atomic mass is 16.1. The Labute approximate surface area is 76.6 Å². The molecule has 0 aliphatic heterocycles. The number of hydrogen-bond donors (Lipinski definition) is 0. The lowest BCUT2D eigenvalue weighted by atomic mass is 9.85. The monoisotopic (exact) mass is 170 g/mol. The van der Waals surface area contributed by atoms with Crippen molar-refractivity contribution in [3.05, 3.63) is 0 Å². The summed E-state index contributed by atoms with van der Waals surface area (Å²) in [6.45, 7) is 8.51. The maximum absolute atomic E-state index is 11.0. The van der Waals surface area contributed by atoms with Gasteiger partial charge in [-0.05, 0) is 24.7 Å². The second kappa shape index (κ2) is 5.34. The van der Waals surface area contributed by atoms with Crippen LogP contribution >= 0.6 is 0 Å². The Morgan fingerprint density at radius 3 is 2.25 bits per heavy atom. The molecule has 0 aromatic heterocycles. The lowest BCUT2D eigenvalue weighted by molar-refractivity contribution is -0.119. The minimum Gasteiger partial charge on any atom is -0.300 e. The molecule has 1 saturated carbocycles. The van der Waals surface area contributed by atoms with Gasteiger partial charge < -0.3 is 0 Å². The Morgan fingerprint density at radius 2 is 1.67 bits per heavy atom. The number of carbonyl (C=O) groups excluding carboxylic acids is 1. The first-order valence-corrected chi connectivity index (χ1v) is 5.12. The summed E-state index contributed by atoms with van der Waals surface area (Å²) in [5.74, 6) is 0.463. The van der Waals surface area contributed by atoms with Crippen LogP contribution in [0.3, 0.4) is 0 Å². The average molecular weight is 170 g/mol. The summed E-state index contributed by atoms with van der Waals surface area (Å²) in [5, 5.41) is 0. The lowest BCUT2D eigenvalue weighted by Crippen LogP contribution is -2.08. The van der Waals surface area contributed by atoms with Crippen LogP contribution in [-0.2, 0) is 4.79 Å². The summed E-state index contributed by atoms with van der Waals surface area (Å²) in [4.78, 5) is 11.0. The molecule has 0 aromatic rings. The molecule has 1 fully saturated rings. The fourth-order valence-corrected chi connectivity index (χ4v) is 1.49. The van der Waals surface area contributed by atoms with E-state index in [1.807, 2.05) is 13.8 Å². The van der Waals surface area contributed by atoms with Gasteiger partial charge in [0.2, 0.25) is 0 Å². The molecule has 1 nitrogen and oxygen atoms in total. The van der Waals surface area contributed by atoms with Crippen molar-refractivity contribution in [3.63, 3.8) is 0 Å². The van der Waals surface area contributed by atoms with E-state index in [1.54, 1.807) is 0 Å². The summed E-state index contributed by atoms with van der Waals surface area (Å²) in [6, 6.07) is 0. The van der Waals surface area contributed by atoms with Crippen molar-refractivity contribution in [2.45, 2.75) is 59.8 Å². The third-order valence-electron chi connectivity index (χ3n) is 2.39. The number of ketones is 1. The van der Waals surface area contributed by atoms with E-state index < -0.39 is 0 Å². The Hall–Kier alpha value is -0.330. The third-order valence-corrected chi connectivity index (χ3v) is 2.39. The van der Waals surface area contributed by atoms with Crippen LogP contribution in [-0.4, -0.2) is 5.78 Å². The maximum Gasteiger partial charge on any atom is 0.132 e. The quantitative estimate of drug-likeness (QED) is 0.508. The number of rotatable bonds is 0. The molecule has 0 bridgehead atoms. The van der Waals surface area contributed by atoms with Gasteiger partial charge >= 0.3 is 0 Å². The largest absolute Gasteiger partial charge is 0.300 e. The molecule has 0 N–H and O–H groups in total. The minimum atomic E-state index is 0.423. The smallest absolute Gasteiger partial charge is 0.132 e. The fraction of sp³-hybridized carbons (Fsp3) is 0.909. The van der Waals surface area contributed by atoms with Gasteiger partial charge in [-0.3, -0.25) is 4.79 Å². The van der Waals surface area contributed by atoms with Gasteiger partial charge in [-0.2, -0.15) is 0 Å². The van der Waals surface area contributed by atoms with E-state index >= 15 is 0 Å². The molecule has 0 amide bonds. The average Bonchev–Trinajstić information content (AvgIpc) is 2.17. The predicted molar refractivity (Wildman–Crippen MR) is 53.2 cm³/mol. The lowest BCUT2D eigenvalue weighted by Gasteiger charge is -2.20. The summed E-state index contributed by atoms with van der Waals surface area (Å²) < 4.78 is 0. The van der Waals surface area contributed by atoms with Crippen LogP contribution < -0.4 is 0 Å². The first-order chi connectivity index (χ1) is 5.60. The van der Waals surface area contributed by atoms with E-state index in [4.69, 9.17) is 0 Å². The predicted octanol–water partition coefficient (Wildman–Crippen LogP) is 3.57. The zero-order valence-corrected chi connectivity index (χ0v) is 8.94. The topological polar surface area (TPSA) is 17.1 Å². The summed E-state index contributed by atoms with van der Waals surface area (Å²) in [7, 11) is 0. The van der Waals surface area contributed by atoms with Crippen LogP contribution in [0, 0.1) is 5.41 Å². The maximum atomic E-state index is 11.0. The molecule has 1 rings (SSSR count). The molecule has 12 heavy (non-hydrogen) atoms. The van der Waals surface area contributed by atoms with Crippen LogP contribution in [0.25, 0.3) is 0 Å².